The molecule has 0 aromatic heterocycles. The van der Waals surface area contributed by atoms with Gasteiger partial charge in [-0.15, -0.1) is 0 Å². The Balaban J connectivity index is 0. The van der Waals surface area contributed by atoms with Crippen LogP contribution in [0.25, 0.3) is 0 Å². The summed E-state index contributed by atoms with van der Waals surface area (Å²) in [6, 6.07) is 0. The predicted molar refractivity (Wildman–Crippen MR) is 50.2 cm³/mol. The van der Waals surface area contributed by atoms with E-state index >= 15 is 0 Å². The first-order valence-electron chi connectivity index (χ1n) is 4.99. The molecular formula is C10H20LaO2. The van der Waals surface area contributed by atoms with E-state index < -0.39 is 5.97 Å². The summed E-state index contributed by atoms with van der Waals surface area (Å²) in [5.41, 5.74) is 0. The van der Waals surface area contributed by atoms with Crippen LogP contribution in [0, 0.1) is 35.6 Å². The molecule has 0 aliphatic heterocycles. The molecule has 75 valence electrons. The van der Waals surface area contributed by atoms with Crippen molar-refractivity contribution in [1.29, 1.82) is 0 Å². The minimum atomic E-state index is -0.663. The molecule has 0 aliphatic rings. The zero-order chi connectivity index (χ0) is 9.23. The van der Waals surface area contributed by atoms with Gasteiger partial charge in [-0.3, -0.25) is 4.79 Å². The first-order chi connectivity index (χ1) is 5.77. The molecular weight excluding hydrogens is 291 g/mol. The second-order valence-electron chi connectivity index (χ2n) is 3.27. The summed E-state index contributed by atoms with van der Waals surface area (Å²) in [6.07, 6.45) is 8.64. The summed E-state index contributed by atoms with van der Waals surface area (Å²) < 4.78 is 0. The molecule has 0 unspecified atom stereocenters. The van der Waals surface area contributed by atoms with Gasteiger partial charge in [0, 0.05) is 42.0 Å². The van der Waals surface area contributed by atoms with Gasteiger partial charge in [0.1, 0.15) is 0 Å². The molecule has 0 aliphatic carbocycles. The first kappa shape index (κ1) is 16.1. The van der Waals surface area contributed by atoms with E-state index in [1.165, 1.54) is 32.1 Å². The van der Waals surface area contributed by atoms with Gasteiger partial charge in [0.05, 0.1) is 0 Å². The van der Waals surface area contributed by atoms with Gasteiger partial charge < -0.3 is 5.11 Å². The zero-order valence-electron chi connectivity index (χ0n) is 8.59. The quantitative estimate of drug-likeness (QED) is 0.699. The fourth-order valence-electron chi connectivity index (χ4n) is 1.23. The summed E-state index contributed by atoms with van der Waals surface area (Å²) in [5.74, 6) is -0.663. The normalized spacial score (nSPS) is 9.31. The van der Waals surface area contributed by atoms with Crippen molar-refractivity contribution >= 4 is 5.97 Å². The Morgan fingerprint density at radius 1 is 1.00 bits per heavy atom. The van der Waals surface area contributed by atoms with Crippen LogP contribution >= 0.6 is 0 Å². The Bertz CT molecular complexity index is 115. The van der Waals surface area contributed by atoms with Gasteiger partial charge in [0.2, 0.25) is 0 Å². The van der Waals surface area contributed by atoms with Crippen LogP contribution in [0.4, 0.5) is 0 Å². The van der Waals surface area contributed by atoms with Crippen LogP contribution < -0.4 is 0 Å². The topological polar surface area (TPSA) is 37.3 Å². The number of carbonyl (C=O) groups is 1. The van der Waals surface area contributed by atoms with E-state index in [2.05, 4.69) is 6.92 Å². The van der Waals surface area contributed by atoms with Crippen molar-refractivity contribution in [3.8, 4) is 0 Å². The number of hydrogen-bond acceptors (Lipinski definition) is 1. The maximum Gasteiger partial charge on any atom is 0.303 e. The van der Waals surface area contributed by atoms with Gasteiger partial charge in [-0.1, -0.05) is 45.4 Å². The molecule has 0 atom stereocenters. The summed E-state index contributed by atoms with van der Waals surface area (Å²) in [5, 5.41) is 8.35. The molecule has 0 rings (SSSR count). The van der Waals surface area contributed by atoms with Crippen molar-refractivity contribution in [3.63, 3.8) is 0 Å². The number of hydrogen-bond donors (Lipinski definition) is 1. The van der Waals surface area contributed by atoms with Crippen LogP contribution in [0.15, 0.2) is 0 Å². The van der Waals surface area contributed by atoms with Gasteiger partial charge in [-0.05, 0) is 6.42 Å². The third-order valence-electron chi connectivity index (χ3n) is 1.99. The fourth-order valence-corrected chi connectivity index (χ4v) is 1.23. The number of rotatable bonds is 8. The van der Waals surface area contributed by atoms with Crippen LogP contribution in [0.5, 0.6) is 0 Å². The molecule has 0 saturated carbocycles. The Morgan fingerprint density at radius 3 is 1.92 bits per heavy atom. The number of carboxylic acid groups (broad SMARTS) is 1. The van der Waals surface area contributed by atoms with Crippen LogP contribution in [-0.4, -0.2) is 11.1 Å². The Kier molecular flexibility index (Phi) is 15.7. The summed E-state index contributed by atoms with van der Waals surface area (Å²) in [6.45, 7) is 2.20. The van der Waals surface area contributed by atoms with E-state index in [0.29, 0.717) is 6.42 Å². The van der Waals surface area contributed by atoms with Gasteiger partial charge >= 0.3 is 5.97 Å². The monoisotopic (exact) mass is 311 g/mol. The molecule has 1 N–H and O–H groups in total. The Hall–Kier alpha value is 0.665. The smallest absolute Gasteiger partial charge is 0.303 e. The predicted octanol–water partition coefficient (Wildman–Crippen LogP) is 3.21. The van der Waals surface area contributed by atoms with E-state index in [1.54, 1.807) is 0 Å². The van der Waals surface area contributed by atoms with Crippen molar-refractivity contribution in [2.24, 2.45) is 0 Å². The van der Waals surface area contributed by atoms with Gasteiger partial charge in [-0.25, -0.2) is 0 Å². The van der Waals surface area contributed by atoms with E-state index in [1.807, 2.05) is 0 Å². The first-order valence-corrected chi connectivity index (χ1v) is 4.99. The van der Waals surface area contributed by atoms with E-state index in [-0.39, 0.29) is 35.6 Å². The molecule has 0 spiro atoms. The van der Waals surface area contributed by atoms with Crippen LogP contribution in [0.1, 0.15) is 58.3 Å². The molecule has 13 heavy (non-hydrogen) atoms. The number of unbranched alkanes of at least 4 members (excludes halogenated alkanes) is 6. The van der Waals surface area contributed by atoms with E-state index in [4.69, 9.17) is 5.11 Å². The molecule has 0 saturated heterocycles. The second-order valence-corrected chi connectivity index (χ2v) is 3.27. The van der Waals surface area contributed by atoms with Gasteiger partial charge in [0.15, 0.2) is 0 Å². The second kappa shape index (κ2) is 12.7. The molecule has 0 aromatic rings. The van der Waals surface area contributed by atoms with Crippen molar-refractivity contribution in [2.45, 2.75) is 58.3 Å². The summed E-state index contributed by atoms with van der Waals surface area (Å²) in [4.78, 5) is 10.1. The standard InChI is InChI=1S/C10H20O2.La/c1-2-3-4-5-6-7-8-9-10(11)12;/h2-9H2,1H3,(H,11,12);. The molecule has 0 fully saturated rings. The van der Waals surface area contributed by atoms with Crippen LogP contribution in [-0.2, 0) is 4.79 Å². The zero-order valence-corrected chi connectivity index (χ0v) is 12.2. The number of aliphatic carboxylic acids is 1. The SMILES string of the molecule is CCCCCCCCCC(=O)O.[La]. The van der Waals surface area contributed by atoms with Gasteiger partial charge in [0.25, 0.3) is 0 Å². The molecule has 0 heterocycles. The molecule has 0 aromatic carbocycles. The van der Waals surface area contributed by atoms with Crippen molar-refractivity contribution in [1.82, 2.24) is 0 Å². The average Bonchev–Trinajstić information content (AvgIpc) is 2.02. The number of carboxylic acids is 1. The molecule has 1 radical (unpaired) electrons. The molecule has 3 heteroatoms. The molecule has 0 amide bonds. The fraction of sp³-hybridized carbons (Fsp3) is 0.900. The van der Waals surface area contributed by atoms with Crippen molar-refractivity contribution in [2.75, 3.05) is 0 Å². The third-order valence-corrected chi connectivity index (χ3v) is 1.99. The van der Waals surface area contributed by atoms with Crippen LogP contribution in [0.2, 0.25) is 0 Å². The summed E-state index contributed by atoms with van der Waals surface area (Å²) >= 11 is 0. The van der Waals surface area contributed by atoms with Crippen molar-refractivity contribution in [3.05, 3.63) is 0 Å². The van der Waals surface area contributed by atoms with E-state index in [9.17, 15) is 4.79 Å². The third kappa shape index (κ3) is 15.4. The van der Waals surface area contributed by atoms with E-state index in [0.717, 1.165) is 12.8 Å². The van der Waals surface area contributed by atoms with Gasteiger partial charge in [-0.2, -0.15) is 0 Å². The molecule has 0 bridgehead atoms. The Morgan fingerprint density at radius 2 is 1.46 bits per heavy atom. The van der Waals surface area contributed by atoms with Crippen molar-refractivity contribution < 1.29 is 45.5 Å². The minimum absolute atomic E-state index is 0. The average molecular weight is 311 g/mol. The van der Waals surface area contributed by atoms with Crippen LogP contribution in [0.3, 0.4) is 0 Å². The largest absolute Gasteiger partial charge is 0.481 e. The molecule has 2 nitrogen and oxygen atoms in total. The minimum Gasteiger partial charge on any atom is -0.481 e. The maximum absolute atomic E-state index is 10.1. The Labute approximate surface area is 109 Å². The maximum atomic E-state index is 10.1. The summed E-state index contributed by atoms with van der Waals surface area (Å²) in [7, 11) is 0.